The third-order valence-corrected chi connectivity index (χ3v) is 5.30. The minimum Gasteiger partial charge on any atom is -0.348 e. The molecule has 0 aliphatic carbocycles. The van der Waals surface area contributed by atoms with Crippen LogP contribution in [0.1, 0.15) is 43.0 Å². The average Bonchev–Trinajstić information content (AvgIpc) is 2.76. The third-order valence-electron chi connectivity index (χ3n) is 5.30. The van der Waals surface area contributed by atoms with E-state index in [0.29, 0.717) is 11.8 Å². The highest BCUT2D eigenvalue weighted by atomic mass is 16.7. The summed E-state index contributed by atoms with van der Waals surface area (Å²) in [5, 5.41) is 0. The monoisotopic (exact) mass is 368 g/mol. The summed E-state index contributed by atoms with van der Waals surface area (Å²) in [7, 11) is 0. The molecule has 2 saturated heterocycles. The van der Waals surface area contributed by atoms with Gasteiger partial charge < -0.3 is 18.9 Å². The van der Waals surface area contributed by atoms with E-state index in [-0.39, 0.29) is 12.6 Å². The second-order valence-electron chi connectivity index (χ2n) is 7.48. The largest absolute Gasteiger partial charge is 0.348 e. The van der Waals surface area contributed by atoms with Crippen molar-refractivity contribution in [2.24, 2.45) is 11.8 Å². The van der Waals surface area contributed by atoms with Crippen molar-refractivity contribution in [3.05, 3.63) is 71.8 Å². The first-order valence-electron chi connectivity index (χ1n) is 9.95. The van der Waals surface area contributed by atoms with Crippen molar-refractivity contribution in [1.29, 1.82) is 0 Å². The fraction of sp³-hybridized carbons (Fsp3) is 0.478. The molecule has 2 heterocycles. The van der Waals surface area contributed by atoms with Crippen LogP contribution in [0.5, 0.6) is 0 Å². The minimum atomic E-state index is -0.211. The van der Waals surface area contributed by atoms with E-state index in [2.05, 4.69) is 24.3 Å². The van der Waals surface area contributed by atoms with Crippen molar-refractivity contribution < 1.29 is 18.9 Å². The van der Waals surface area contributed by atoms with Gasteiger partial charge in [0.15, 0.2) is 12.6 Å². The second-order valence-corrected chi connectivity index (χ2v) is 7.48. The number of ether oxygens (including phenoxy) is 4. The van der Waals surface area contributed by atoms with Crippen molar-refractivity contribution in [1.82, 2.24) is 0 Å². The Kier molecular flexibility index (Phi) is 6.53. The smallest absolute Gasteiger partial charge is 0.183 e. The molecule has 2 aliphatic rings. The van der Waals surface area contributed by atoms with E-state index >= 15 is 0 Å². The first-order chi connectivity index (χ1) is 13.4. The van der Waals surface area contributed by atoms with Gasteiger partial charge in [-0.3, -0.25) is 0 Å². The van der Waals surface area contributed by atoms with Gasteiger partial charge in [0.2, 0.25) is 0 Å². The van der Waals surface area contributed by atoms with Gasteiger partial charge in [0.1, 0.15) is 0 Å². The summed E-state index contributed by atoms with van der Waals surface area (Å²) in [5.41, 5.74) is 2.20. The molecule has 0 amide bonds. The zero-order valence-electron chi connectivity index (χ0n) is 15.7. The Morgan fingerprint density at radius 1 is 0.556 bits per heavy atom. The van der Waals surface area contributed by atoms with Gasteiger partial charge in [-0.1, -0.05) is 67.1 Å². The highest BCUT2D eigenvalue weighted by molar-refractivity contribution is 5.17. The molecule has 0 saturated carbocycles. The molecule has 0 atom stereocenters. The van der Waals surface area contributed by atoms with Crippen molar-refractivity contribution in [3.63, 3.8) is 0 Å². The average molecular weight is 368 g/mol. The summed E-state index contributed by atoms with van der Waals surface area (Å²) < 4.78 is 23.6. The van der Waals surface area contributed by atoms with Crippen LogP contribution < -0.4 is 0 Å². The Balaban J connectivity index is 1.12. The van der Waals surface area contributed by atoms with E-state index in [1.54, 1.807) is 0 Å². The summed E-state index contributed by atoms with van der Waals surface area (Å²) in [5.74, 6) is 0.958. The first kappa shape index (κ1) is 18.6. The maximum absolute atomic E-state index is 5.91. The van der Waals surface area contributed by atoms with Gasteiger partial charge in [0.05, 0.1) is 26.4 Å². The standard InChI is InChI=1S/C23H28O4/c1-3-10-20(11-4-1)22-24-14-18(15-25-22)8-7-9-19-16-26-23(27-17-19)21-12-5-2-6-13-21/h1-6,10-13,18-19,22-23H,7-9,14-17H2. The maximum atomic E-state index is 5.91. The van der Waals surface area contributed by atoms with E-state index in [9.17, 15) is 0 Å². The molecule has 0 spiro atoms. The molecular weight excluding hydrogens is 340 g/mol. The molecule has 4 rings (SSSR count). The summed E-state index contributed by atoms with van der Waals surface area (Å²) in [6.45, 7) is 3.08. The van der Waals surface area contributed by atoms with Crippen LogP contribution in [0.4, 0.5) is 0 Å². The van der Waals surface area contributed by atoms with Crippen LogP contribution >= 0.6 is 0 Å². The molecule has 2 fully saturated rings. The summed E-state index contributed by atoms with van der Waals surface area (Å²) >= 11 is 0. The SMILES string of the molecule is c1ccc(C2OCC(CCCC3COC(c4ccccc4)OC3)CO2)cc1. The Hall–Kier alpha value is -1.72. The molecule has 4 heteroatoms. The Morgan fingerprint density at radius 3 is 1.30 bits per heavy atom. The lowest BCUT2D eigenvalue weighted by molar-refractivity contribution is -0.209. The van der Waals surface area contributed by atoms with Gasteiger partial charge in [-0.25, -0.2) is 0 Å². The zero-order valence-corrected chi connectivity index (χ0v) is 15.7. The van der Waals surface area contributed by atoms with Gasteiger partial charge in [-0.2, -0.15) is 0 Å². The topological polar surface area (TPSA) is 36.9 Å². The number of hydrogen-bond acceptors (Lipinski definition) is 4. The van der Waals surface area contributed by atoms with Crippen LogP contribution in [-0.2, 0) is 18.9 Å². The Labute approximate surface area is 161 Å². The minimum absolute atomic E-state index is 0.211. The number of rotatable bonds is 6. The summed E-state index contributed by atoms with van der Waals surface area (Å²) in [6, 6.07) is 20.3. The normalized spacial score (nSPS) is 28.7. The lowest BCUT2D eigenvalue weighted by atomic mass is 9.97. The third kappa shape index (κ3) is 5.17. The van der Waals surface area contributed by atoms with Crippen LogP contribution in [0.3, 0.4) is 0 Å². The lowest BCUT2D eigenvalue weighted by Gasteiger charge is -2.31. The van der Waals surface area contributed by atoms with Gasteiger partial charge in [-0.15, -0.1) is 0 Å². The van der Waals surface area contributed by atoms with E-state index < -0.39 is 0 Å². The molecule has 4 nitrogen and oxygen atoms in total. The van der Waals surface area contributed by atoms with Crippen LogP contribution in [-0.4, -0.2) is 26.4 Å². The van der Waals surface area contributed by atoms with E-state index in [0.717, 1.165) is 56.8 Å². The van der Waals surface area contributed by atoms with E-state index in [4.69, 9.17) is 18.9 Å². The molecule has 0 radical (unpaired) electrons. The molecule has 144 valence electrons. The molecular formula is C23H28O4. The van der Waals surface area contributed by atoms with Crippen LogP contribution in [0, 0.1) is 11.8 Å². The van der Waals surface area contributed by atoms with Gasteiger partial charge in [-0.05, 0) is 12.8 Å². The zero-order chi connectivity index (χ0) is 18.3. The Bertz CT molecular complexity index is 600. The molecule has 2 aromatic rings. The van der Waals surface area contributed by atoms with Gasteiger partial charge in [0.25, 0.3) is 0 Å². The van der Waals surface area contributed by atoms with Crippen molar-refractivity contribution in [3.8, 4) is 0 Å². The molecule has 27 heavy (non-hydrogen) atoms. The second kappa shape index (κ2) is 9.47. The lowest BCUT2D eigenvalue weighted by Crippen LogP contribution is -2.29. The van der Waals surface area contributed by atoms with Crippen LogP contribution in [0.15, 0.2) is 60.7 Å². The van der Waals surface area contributed by atoms with Crippen LogP contribution in [0.2, 0.25) is 0 Å². The highest BCUT2D eigenvalue weighted by Crippen LogP contribution is 2.29. The molecule has 0 aromatic heterocycles. The van der Waals surface area contributed by atoms with Crippen molar-refractivity contribution in [2.75, 3.05) is 26.4 Å². The molecule has 2 aliphatic heterocycles. The summed E-state index contributed by atoms with van der Waals surface area (Å²) in [6.07, 6.45) is 2.98. The highest BCUT2D eigenvalue weighted by Gasteiger charge is 2.25. The maximum Gasteiger partial charge on any atom is 0.183 e. The molecule has 0 bridgehead atoms. The summed E-state index contributed by atoms with van der Waals surface area (Å²) in [4.78, 5) is 0. The van der Waals surface area contributed by atoms with E-state index in [1.807, 2.05) is 36.4 Å². The predicted molar refractivity (Wildman–Crippen MR) is 103 cm³/mol. The number of hydrogen-bond donors (Lipinski definition) is 0. The fourth-order valence-corrected chi connectivity index (χ4v) is 3.72. The van der Waals surface area contributed by atoms with Crippen molar-refractivity contribution in [2.45, 2.75) is 31.8 Å². The molecule has 0 unspecified atom stereocenters. The Morgan fingerprint density at radius 2 is 0.926 bits per heavy atom. The van der Waals surface area contributed by atoms with Gasteiger partial charge in [0, 0.05) is 23.0 Å². The van der Waals surface area contributed by atoms with E-state index in [1.165, 1.54) is 0 Å². The molecule has 2 aromatic carbocycles. The predicted octanol–water partition coefficient (Wildman–Crippen LogP) is 4.88. The quantitative estimate of drug-likeness (QED) is 0.728. The van der Waals surface area contributed by atoms with Crippen LogP contribution in [0.25, 0.3) is 0 Å². The fourth-order valence-electron chi connectivity index (χ4n) is 3.72. The van der Waals surface area contributed by atoms with Crippen molar-refractivity contribution >= 4 is 0 Å². The molecule has 0 N–H and O–H groups in total. The van der Waals surface area contributed by atoms with Gasteiger partial charge >= 0.3 is 0 Å². The first-order valence-corrected chi connectivity index (χ1v) is 9.95. The number of benzene rings is 2.